The number of hydrogen-bond acceptors (Lipinski definition) is 5. The molecule has 0 aliphatic carbocycles. The van der Waals surface area contributed by atoms with E-state index in [4.69, 9.17) is 4.42 Å². The lowest BCUT2D eigenvalue weighted by molar-refractivity contribution is -0.131. The summed E-state index contributed by atoms with van der Waals surface area (Å²) in [6.45, 7) is 8.29. The quantitative estimate of drug-likeness (QED) is 0.447. The van der Waals surface area contributed by atoms with E-state index in [1.54, 1.807) is 23.0 Å². The fraction of sp³-hybridized carbons (Fsp3) is 0.381. The fourth-order valence-electron chi connectivity index (χ4n) is 3.33. The highest BCUT2D eigenvalue weighted by Gasteiger charge is 2.21. The molecular weight excluding hydrogens is 374 g/mol. The number of para-hydroxylation sites is 1. The Morgan fingerprint density at radius 1 is 1.14 bits per heavy atom. The minimum absolute atomic E-state index is 0.0296. The predicted octanol–water partition coefficient (Wildman–Crippen LogP) is 3.78. The van der Waals surface area contributed by atoms with E-state index in [2.05, 4.69) is 4.98 Å². The van der Waals surface area contributed by atoms with E-state index in [1.807, 2.05) is 56.9 Å². The van der Waals surface area contributed by atoms with Gasteiger partial charge in [-0.15, -0.1) is 0 Å². The Morgan fingerprint density at radius 2 is 1.86 bits per heavy atom. The highest BCUT2D eigenvalue weighted by molar-refractivity contribution is 7.99. The molecule has 28 heavy (non-hydrogen) atoms. The SMILES string of the molecule is CC(C)N(C(=O)CSc1nc2ccccc2c(=O)n1Cc1ccco1)C(C)C. The highest BCUT2D eigenvalue weighted by atomic mass is 32.2. The lowest BCUT2D eigenvalue weighted by Gasteiger charge is -2.30. The summed E-state index contributed by atoms with van der Waals surface area (Å²) >= 11 is 1.29. The predicted molar refractivity (Wildman–Crippen MR) is 112 cm³/mol. The van der Waals surface area contributed by atoms with Crippen molar-refractivity contribution in [1.29, 1.82) is 0 Å². The molecule has 0 N–H and O–H groups in total. The van der Waals surface area contributed by atoms with Gasteiger partial charge in [0.15, 0.2) is 5.16 Å². The molecule has 148 valence electrons. The van der Waals surface area contributed by atoms with Crippen LogP contribution < -0.4 is 5.56 Å². The van der Waals surface area contributed by atoms with E-state index >= 15 is 0 Å². The summed E-state index contributed by atoms with van der Waals surface area (Å²) in [7, 11) is 0. The van der Waals surface area contributed by atoms with Crippen molar-refractivity contribution in [3.8, 4) is 0 Å². The molecule has 0 spiro atoms. The van der Waals surface area contributed by atoms with E-state index in [-0.39, 0.29) is 35.8 Å². The molecule has 7 heteroatoms. The number of benzene rings is 1. The third kappa shape index (κ3) is 4.30. The van der Waals surface area contributed by atoms with Crippen molar-refractivity contribution in [3.05, 3.63) is 58.8 Å². The molecule has 3 rings (SSSR count). The fourth-order valence-corrected chi connectivity index (χ4v) is 4.20. The lowest BCUT2D eigenvalue weighted by Crippen LogP contribution is -2.43. The van der Waals surface area contributed by atoms with Gasteiger partial charge in [0.05, 0.1) is 29.5 Å². The first kappa shape index (κ1) is 20.2. The van der Waals surface area contributed by atoms with E-state index in [0.717, 1.165) is 0 Å². The summed E-state index contributed by atoms with van der Waals surface area (Å²) in [5.74, 6) is 0.916. The Bertz CT molecular complexity index is 1000. The van der Waals surface area contributed by atoms with Gasteiger partial charge in [0.1, 0.15) is 5.76 Å². The number of nitrogens with zero attached hydrogens (tertiary/aromatic N) is 3. The summed E-state index contributed by atoms with van der Waals surface area (Å²) < 4.78 is 6.99. The first-order valence-electron chi connectivity index (χ1n) is 9.34. The molecule has 0 unspecified atom stereocenters. The molecule has 1 amide bonds. The Balaban J connectivity index is 1.94. The van der Waals surface area contributed by atoms with Crippen LogP contribution in [-0.4, -0.2) is 38.2 Å². The standard InChI is InChI=1S/C21H25N3O3S/c1-14(2)24(15(3)4)19(25)13-28-21-22-18-10-6-5-9-17(18)20(26)23(21)12-16-8-7-11-27-16/h5-11,14-15H,12-13H2,1-4H3. The van der Waals surface area contributed by atoms with Crippen LogP contribution in [0.4, 0.5) is 0 Å². The number of rotatable bonds is 7. The third-order valence-corrected chi connectivity index (χ3v) is 5.41. The van der Waals surface area contributed by atoms with Crippen molar-refractivity contribution >= 4 is 28.6 Å². The average molecular weight is 400 g/mol. The van der Waals surface area contributed by atoms with Crippen LogP contribution in [0, 0.1) is 0 Å². The normalized spacial score (nSPS) is 11.5. The van der Waals surface area contributed by atoms with Gasteiger partial charge in [0.25, 0.3) is 5.56 Å². The summed E-state index contributed by atoms with van der Waals surface area (Å²) in [5, 5.41) is 1.07. The molecule has 0 radical (unpaired) electrons. The number of furan rings is 1. The van der Waals surface area contributed by atoms with Crippen LogP contribution in [0.3, 0.4) is 0 Å². The Kier molecular flexibility index (Phi) is 6.24. The lowest BCUT2D eigenvalue weighted by atomic mass is 10.2. The second kappa shape index (κ2) is 8.65. The molecule has 0 aliphatic rings. The second-order valence-corrected chi connectivity index (χ2v) is 8.10. The number of carbonyl (C=O) groups is 1. The Hall–Kier alpha value is -2.54. The van der Waals surface area contributed by atoms with Crippen LogP contribution in [0.2, 0.25) is 0 Å². The summed E-state index contributed by atoms with van der Waals surface area (Å²) in [6, 6.07) is 11.1. The topological polar surface area (TPSA) is 68.3 Å². The molecule has 6 nitrogen and oxygen atoms in total. The van der Waals surface area contributed by atoms with Crippen molar-refractivity contribution in [3.63, 3.8) is 0 Å². The molecule has 3 aromatic rings. The Morgan fingerprint density at radius 3 is 2.50 bits per heavy atom. The van der Waals surface area contributed by atoms with Crippen LogP contribution in [0.5, 0.6) is 0 Å². The molecule has 1 aromatic carbocycles. The third-order valence-electron chi connectivity index (χ3n) is 4.45. The molecule has 0 aliphatic heterocycles. The molecule has 0 saturated carbocycles. The van der Waals surface area contributed by atoms with Crippen LogP contribution in [0.15, 0.2) is 57.0 Å². The number of aromatic nitrogens is 2. The second-order valence-electron chi connectivity index (χ2n) is 7.16. The van der Waals surface area contributed by atoms with Crippen LogP contribution in [0.1, 0.15) is 33.5 Å². The number of fused-ring (bicyclic) bond motifs is 1. The van der Waals surface area contributed by atoms with Crippen LogP contribution >= 0.6 is 11.8 Å². The number of thioether (sulfide) groups is 1. The first-order valence-corrected chi connectivity index (χ1v) is 10.3. The summed E-state index contributed by atoms with van der Waals surface area (Å²) in [6.07, 6.45) is 1.58. The van der Waals surface area contributed by atoms with E-state index in [1.165, 1.54) is 11.8 Å². The zero-order valence-electron chi connectivity index (χ0n) is 16.6. The maximum atomic E-state index is 13.0. The van der Waals surface area contributed by atoms with Crippen molar-refractivity contribution in [2.75, 3.05) is 5.75 Å². The molecular formula is C21H25N3O3S. The van der Waals surface area contributed by atoms with Crippen molar-refractivity contribution < 1.29 is 9.21 Å². The van der Waals surface area contributed by atoms with Gasteiger partial charge in [-0.25, -0.2) is 4.98 Å². The zero-order valence-corrected chi connectivity index (χ0v) is 17.4. The first-order chi connectivity index (χ1) is 13.4. The molecule has 0 bridgehead atoms. The monoisotopic (exact) mass is 399 g/mol. The number of carbonyl (C=O) groups excluding carboxylic acids is 1. The van der Waals surface area contributed by atoms with E-state index < -0.39 is 0 Å². The molecule has 2 aromatic heterocycles. The largest absolute Gasteiger partial charge is 0.467 e. The number of amides is 1. The molecule has 2 heterocycles. The van der Waals surface area contributed by atoms with Gasteiger partial charge in [0, 0.05) is 12.1 Å². The molecule has 0 atom stereocenters. The van der Waals surface area contributed by atoms with E-state index in [0.29, 0.717) is 21.8 Å². The maximum absolute atomic E-state index is 13.0. The minimum Gasteiger partial charge on any atom is -0.467 e. The summed E-state index contributed by atoms with van der Waals surface area (Å²) in [4.78, 5) is 32.3. The van der Waals surface area contributed by atoms with Crippen LogP contribution in [-0.2, 0) is 11.3 Å². The van der Waals surface area contributed by atoms with Crippen LogP contribution in [0.25, 0.3) is 10.9 Å². The van der Waals surface area contributed by atoms with Gasteiger partial charge < -0.3 is 9.32 Å². The zero-order chi connectivity index (χ0) is 20.3. The van der Waals surface area contributed by atoms with E-state index in [9.17, 15) is 9.59 Å². The Labute approximate surface area is 168 Å². The van der Waals surface area contributed by atoms with Gasteiger partial charge in [-0.05, 0) is 52.0 Å². The number of hydrogen-bond donors (Lipinski definition) is 0. The van der Waals surface area contributed by atoms with Crippen molar-refractivity contribution in [2.45, 2.75) is 51.5 Å². The van der Waals surface area contributed by atoms with Gasteiger partial charge in [-0.1, -0.05) is 23.9 Å². The average Bonchev–Trinajstić information content (AvgIpc) is 3.15. The summed E-state index contributed by atoms with van der Waals surface area (Å²) in [5.41, 5.74) is 0.490. The highest BCUT2D eigenvalue weighted by Crippen LogP contribution is 2.20. The molecule has 0 saturated heterocycles. The van der Waals surface area contributed by atoms with Crippen molar-refractivity contribution in [1.82, 2.24) is 14.5 Å². The van der Waals surface area contributed by atoms with Crippen molar-refractivity contribution in [2.24, 2.45) is 0 Å². The molecule has 0 fully saturated rings. The van der Waals surface area contributed by atoms with Gasteiger partial charge in [-0.2, -0.15) is 0 Å². The minimum atomic E-state index is -0.137. The van der Waals surface area contributed by atoms with Gasteiger partial charge in [0.2, 0.25) is 5.91 Å². The van der Waals surface area contributed by atoms with Gasteiger partial charge in [-0.3, -0.25) is 14.2 Å². The smallest absolute Gasteiger partial charge is 0.262 e. The van der Waals surface area contributed by atoms with Gasteiger partial charge >= 0.3 is 0 Å². The maximum Gasteiger partial charge on any atom is 0.262 e.